The first-order valence-electron chi connectivity index (χ1n) is 8.56. The smallest absolute Gasteiger partial charge is 0.326 e. The van der Waals surface area contributed by atoms with Crippen molar-refractivity contribution in [3.8, 4) is 5.75 Å². The van der Waals surface area contributed by atoms with Crippen LogP contribution >= 0.6 is 0 Å². The Morgan fingerprint density at radius 3 is 2.60 bits per heavy atom. The van der Waals surface area contributed by atoms with E-state index in [4.69, 9.17) is 9.84 Å². The quantitative estimate of drug-likeness (QED) is 0.711. The van der Waals surface area contributed by atoms with Crippen LogP contribution in [0.25, 0.3) is 0 Å². The van der Waals surface area contributed by atoms with Crippen LogP contribution in [0.3, 0.4) is 0 Å². The number of carbonyl (C=O) groups excluding carboxylic acids is 2. The molecule has 0 saturated carbocycles. The van der Waals surface area contributed by atoms with Crippen LogP contribution in [0, 0.1) is 0 Å². The van der Waals surface area contributed by atoms with Gasteiger partial charge in [0.15, 0.2) is 6.61 Å². The molecule has 1 aromatic carbocycles. The topological polar surface area (TPSA) is 95.9 Å². The summed E-state index contributed by atoms with van der Waals surface area (Å²) in [5, 5.41) is 11.6. The molecule has 1 heterocycles. The minimum absolute atomic E-state index is 0.111. The summed E-state index contributed by atoms with van der Waals surface area (Å²) in [6, 6.07) is 6.05. The van der Waals surface area contributed by atoms with E-state index in [1.165, 1.54) is 0 Å². The number of hydrogen-bond donors (Lipinski definition) is 2. The van der Waals surface area contributed by atoms with Gasteiger partial charge in [-0.2, -0.15) is 0 Å². The summed E-state index contributed by atoms with van der Waals surface area (Å²) in [6.07, 6.45) is 3.42. The zero-order chi connectivity index (χ0) is 18.2. The lowest BCUT2D eigenvalue weighted by molar-refractivity contribution is -0.142. The molecule has 0 aromatic heterocycles. The molecule has 136 valence electrons. The molecule has 2 N–H and O–H groups in total. The number of carbonyl (C=O) groups is 3. The molecular formula is C18H24N2O5. The van der Waals surface area contributed by atoms with E-state index in [-0.39, 0.29) is 12.5 Å². The number of anilines is 1. The maximum atomic E-state index is 11.9. The van der Waals surface area contributed by atoms with Crippen LogP contribution in [0.1, 0.15) is 39.0 Å². The number of amides is 2. The van der Waals surface area contributed by atoms with Gasteiger partial charge in [0.05, 0.1) is 0 Å². The average molecular weight is 348 g/mol. The fraction of sp³-hybridized carbons (Fsp3) is 0.500. The van der Waals surface area contributed by atoms with Gasteiger partial charge in [-0.1, -0.05) is 19.8 Å². The summed E-state index contributed by atoms with van der Waals surface area (Å²) in [5.41, 5.74) is 0.810. The molecule has 1 atom stereocenters. The van der Waals surface area contributed by atoms with Gasteiger partial charge >= 0.3 is 5.97 Å². The van der Waals surface area contributed by atoms with Crippen molar-refractivity contribution in [2.45, 2.75) is 45.1 Å². The van der Waals surface area contributed by atoms with Crippen molar-refractivity contribution in [3.63, 3.8) is 0 Å². The Morgan fingerprint density at radius 2 is 2.04 bits per heavy atom. The van der Waals surface area contributed by atoms with E-state index < -0.39 is 17.9 Å². The molecule has 2 rings (SSSR count). The van der Waals surface area contributed by atoms with Crippen molar-refractivity contribution < 1.29 is 24.2 Å². The highest BCUT2D eigenvalue weighted by Crippen LogP contribution is 2.23. The molecule has 7 heteroatoms. The first-order chi connectivity index (χ1) is 12.0. The van der Waals surface area contributed by atoms with Crippen LogP contribution in [0.5, 0.6) is 5.75 Å². The van der Waals surface area contributed by atoms with Crippen LogP contribution in [-0.2, 0) is 14.4 Å². The normalized spacial score (nSPS) is 15.1. The first-order valence-corrected chi connectivity index (χ1v) is 8.56. The lowest BCUT2D eigenvalue weighted by Gasteiger charge is -2.16. The number of carboxylic acids is 1. The van der Waals surface area contributed by atoms with E-state index in [2.05, 4.69) is 5.32 Å². The second kappa shape index (κ2) is 9.05. The summed E-state index contributed by atoms with van der Waals surface area (Å²) in [7, 11) is 0. The van der Waals surface area contributed by atoms with Gasteiger partial charge in [0.25, 0.3) is 5.91 Å². The fourth-order valence-corrected chi connectivity index (χ4v) is 2.69. The predicted octanol–water partition coefficient (Wildman–Crippen LogP) is 1.95. The second-order valence-electron chi connectivity index (χ2n) is 6.03. The zero-order valence-corrected chi connectivity index (χ0v) is 14.4. The monoisotopic (exact) mass is 348 g/mol. The molecule has 0 radical (unpaired) electrons. The fourth-order valence-electron chi connectivity index (χ4n) is 2.69. The molecule has 1 unspecified atom stereocenters. The van der Waals surface area contributed by atoms with Crippen LogP contribution < -0.4 is 15.0 Å². The molecule has 1 aliphatic heterocycles. The predicted molar refractivity (Wildman–Crippen MR) is 92.6 cm³/mol. The average Bonchev–Trinajstić information content (AvgIpc) is 3.03. The summed E-state index contributed by atoms with van der Waals surface area (Å²) in [4.78, 5) is 36.4. The number of carboxylic acid groups (broad SMARTS) is 1. The molecule has 1 saturated heterocycles. The number of benzene rings is 1. The van der Waals surface area contributed by atoms with E-state index in [1.807, 2.05) is 6.92 Å². The Bertz CT molecular complexity index is 614. The Morgan fingerprint density at radius 1 is 1.32 bits per heavy atom. The highest BCUT2D eigenvalue weighted by molar-refractivity contribution is 5.95. The zero-order valence-electron chi connectivity index (χ0n) is 14.4. The maximum Gasteiger partial charge on any atom is 0.326 e. The Balaban J connectivity index is 1.82. The Hall–Kier alpha value is -2.57. The van der Waals surface area contributed by atoms with Crippen molar-refractivity contribution in [1.82, 2.24) is 5.32 Å². The van der Waals surface area contributed by atoms with E-state index in [9.17, 15) is 14.4 Å². The molecular weight excluding hydrogens is 324 g/mol. The van der Waals surface area contributed by atoms with Crippen molar-refractivity contribution in [2.24, 2.45) is 0 Å². The van der Waals surface area contributed by atoms with Gasteiger partial charge in [-0.25, -0.2) is 4.79 Å². The molecule has 1 aromatic rings. The largest absolute Gasteiger partial charge is 0.484 e. The van der Waals surface area contributed by atoms with Gasteiger partial charge < -0.3 is 20.1 Å². The number of hydrogen-bond acceptors (Lipinski definition) is 4. The minimum Gasteiger partial charge on any atom is -0.484 e. The van der Waals surface area contributed by atoms with Gasteiger partial charge in [-0.3, -0.25) is 9.59 Å². The van der Waals surface area contributed by atoms with Crippen LogP contribution in [-0.4, -0.2) is 42.1 Å². The van der Waals surface area contributed by atoms with Crippen molar-refractivity contribution in [2.75, 3.05) is 18.1 Å². The molecule has 1 fully saturated rings. The molecule has 2 amide bonds. The molecule has 0 aliphatic carbocycles. The standard InChI is InChI=1S/C18H24N2O5/c1-2-3-5-15(18(23)24)19-16(21)12-25-14-9-7-13(8-10-14)20-11-4-6-17(20)22/h7-10,15H,2-6,11-12H2,1H3,(H,19,21)(H,23,24). The number of unbranched alkanes of at least 4 members (excludes halogenated alkanes) is 1. The van der Waals surface area contributed by atoms with Crippen LogP contribution in [0.15, 0.2) is 24.3 Å². The van der Waals surface area contributed by atoms with Crippen molar-refractivity contribution >= 4 is 23.5 Å². The van der Waals surface area contributed by atoms with Gasteiger partial charge in [0.2, 0.25) is 5.91 Å². The molecule has 0 spiro atoms. The van der Waals surface area contributed by atoms with E-state index in [0.717, 1.165) is 31.5 Å². The van der Waals surface area contributed by atoms with E-state index in [0.29, 0.717) is 18.6 Å². The summed E-state index contributed by atoms with van der Waals surface area (Å²) in [6.45, 7) is 2.43. The number of ether oxygens (including phenoxy) is 1. The molecule has 0 bridgehead atoms. The van der Waals surface area contributed by atoms with E-state index in [1.54, 1.807) is 29.2 Å². The molecule has 7 nitrogen and oxygen atoms in total. The Kier molecular flexibility index (Phi) is 6.80. The van der Waals surface area contributed by atoms with Gasteiger partial charge in [0.1, 0.15) is 11.8 Å². The SMILES string of the molecule is CCCCC(NC(=O)COc1ccc(N2CCCC2=O)cc1)C(=O)O. The van der Waals surface area contributed by atoms with Crippen molar-refractivity contribution in [3.05, 3.63) is 24.3 Å². The Labute approximate surface area is 147 Å². The van der Waals surface area contributed by atoms with Crippen LogP contribution in [0.4, 0.5) is 5.69 Å². The van der Waals surface area contributed by atoms with Gasteiger partial charge in [0, 0.05) is 18.7 Å². The first kappa shape index (κ1) is 18.8. The summed E-state index contributed by atoms with van der Waals surface area (Å²) >= 11 is 0. The summed E-state index contributed by atoms with van der Waals surface area (Å²) in [5.74, 6) is -0.908. The molecule has 1 aliphatic rings. The lowest BCUT2D eigenvalue weighted by atomic mass is 10.1. The van der Waals surface area contributed by atoms with Crippen molar-refractivity contribution in [1.29, 1.82) is 0 Å². The third-order valence-electron chi connectivity index (χ3n) is 4.07. The summed E-state index contributed by atoms with van der Waals surface area (Å²) < 4.78 is 5.39. The number of aliphatic carboxylic acids is 1. The highest BCUT2D eigenvalue weighted by Gasteiger charge is 2.22. The minimum atomic E-state index is -1.04. The van der Waals surface area contributed by atoms with Crippen LogP contribution in [0.2, 0.25) is 0 Å². The highest BCUT2D eigenvalue weighted by atomic mass is 16.5. The third-order valence-corrected chi connectivity index (χ3v) is 4.07. The number of rotatable bonds is 9. The van der Waals surface area contributed by atoms with E-state index >= 15 is 0 Å². The molecule has 25 heavy (non-hydrogen) atoms. The second-order valence-corrected chi connectivity index (χ2v) is 6.03. The van der Waals surface area contributed by atoms with Gasteiger partial charge in [-0.05, 0) is 37.1 Å². The van der Waals surface area contributed by atoms with Gasteiger partial charge in [-0.15, -0.1) is 0 Å². The third kappa shape index (κ3) is 5.48. The lowest BCUT2D eigenvalue weighted by Crippen LogP contribution is -2.42. The maximum absolute atomic E-state index is 11.9. The number of nitrogens with one attached hydrogen (secondary N) is 1. The number of nitrogens with zero attached hydrogens (tertiary/aromatic N) is 1.